The fourth-order valence-corrected chi connectivity index (χ4v) is 3.87. The Balaban J connectivity index is 1.49. The number of nitrogens with zero attached hydrogens (tertiary/aromatic N) is 3. The zero-order chi connectivity index (χ0) is 17.9. The summed E-state index contributed by atoms with van der Waals surface area (Å²) in [6, 6.07) is 8.21. The summed E-state index contributed by atoms with van der Waals surface area (Å²) in [5.74, 6) is 0.206. The highest BCUT2D eigenvalue weighted by atomic mass is 16.3. The van der Waals surface area contributed by atoms with Crippen molar-refractivity contribution in [2.75, 3.05) is 50.7 Å². The van der Waals surface area contributed by atoms with Crippen molar-refractivity contribution in [3.8, 4) is 0 Å². The molecule has 138 valence electrons. The first-order valence-corrected chi connectivity index (χ1v) is 9.60. The van der Waals surface area contributed by atoms with Crippen molar-refractivity contribution in [1.29, 1.82) is 0 Å². The van der Waals surface area contributed by atoms with E-state index in [-0.39, 0.29) is 5.91 Å². The summed E-state index contributed by atoms with van der Waals surface area (Å²) in [6.45, 7) is 9.76. The van der Waals surface area contributed by atoms with E-state index < -0.39 is 5.60 Å². The Hall–Kier alpha value is -1.43. The summed E-state index contributed by atoms with van der Waals surface area (Å²) in [5, 5.41) is 10.5. The van der Waals surface area contributed by atoms with Crippen LogP contribution in [0, 0.1) is 0 Å². The summed E-state index contributed by atoms with van der Waals surface area (Å²) in [4.78, 5) is 19.2. The Morgan fingerprint density at radius 2 is 1.68 bits per heavy atom. The first-order valence-electron chi connectivity index (χ1n) is 9.60. The average Bonchev–Trinajstić information content (AvgIpc) is 3.07. The fourth-order valence-electron chi connectivity index (χ4n) is 3.87. The van der Waals surface area contributed by atoms with Crippen LogP contribution in [0.25, 0.3) is 0 Å². The van der Waals surface area contributed by atoms with E-state index in [1.807, 2.05) is 30.9 Å². The van der Waals surface area contributed by atoms with Crippen LogP contribution in [0.5, 0.6) is 0 Å². The topological polar surface area (TPSA) is 47.0 Å². The highest BCUT2D eigenvalue weighted by molar-refractivity contribution is 5.96. The fraction of sp³-hybridized carbons (Fsp3) is 0.650. The zero-order valence-corrected chi connectivity index (χ0v) is 15.6. The van der Waals surface area contributed by atoms with Crippen LogP contribution in [0.15, 0.2) is 24.3 Å². The number of carbonyl (C=O) groups is 1. The van der Waals surface area contributed by atoms with E-state index in [9.17, 15) is 9.90 Å². The summed E-state index contributed by atoms with van der Waals surface area (Å²) < 4.78 is 0. The Kier molecular flexibility index (Phi) is 5.77. The van der Waals surface area contributed by atoms with Gasteiger partial charge in [-0.15, -0.1) is 0 Å². The van der Waals surface area contributed by atoms with Crippen molar-refractivity contribution >= 4 is 11.6 Å². The van der Waals surface area contributed by atoms with E-state index >= 15 is 0 Å². The van der Waals surface area contributed by atoms with Gasteiger partial charge >= 0.3 is 0 Å². The lowest BCUT2D eigenvalue weighted by Gasteiger charge is -2.39. The highest BCUT2D eigenvalue weighted by Crippen LogP contribution is 2.27. The molecule has 0 aromatic heterocycles. The quantitative estimate of drug-likeness (QED) is 0.853. The Morgan fingerprint density at radius 1 is 1.04 bits per heavy atom. The first kappa shape index (κ1) is 18.4. The van der Waals surface area contributed by atoms with Gasteiger partial charge in [-0.2, -0.15) is 0 Å². The van der Waals surface area contributed by atoms with Gasteiger partial charge < -0.3 is 10.0 Å². The second-order valence-corrected chi connectivity index (χ2v) is 7.41. The number of carbonyl (C=O) groups excluding carboxylic acids is 1. The third-order valence-corrected chi connectivity index (χ3v) is 5.85. The van der Waals surface area contributed by atoms with Crippen LogP contribution < -0.4 is 4.90 Å². The second-order valence-electron chi connectivity index (χ2n) is 7.41. The molecular weight excluding hydrogens is 314 g/mol. The molecule has 0 atom stereocenters. The van der Waals surface area contributed by atoms with Gasteiger partial charge in [-0.05, 0) is 30.9 Å². The van der Waals surface area contributed by atoms with Crippen molar-refractivity contribution in [3.05, 3.63) is 29.8 Å². The van der Waals surface area contributed by atoms with Gasteiger partial charge in [-0.3, -0.25) is 14.6 Å². The van der Waals surface area contributed by atoms with Crippen LogP contribution in [-0.4, -0.2) is 72.2 Å². The van der Waals surface area contributed by atoms with E-state index in [1.165, 1.54) is 5.56 Å². The predicted molar refractivity (Wildman–Crippen MR) is 101 cm³/mol. The monoisotopic (exact) mass is 345 g/mol. The lowest BCUT2D eigenvalue weighted by molar-refractivity contribution is -0.120. The molecule has 5 nitrogen and oxygen atoms in total. The molecule has 2 aliphatic rings. The second kappa shape index (κ2) is 7.85. The SMILES string of the molecule is CCC(O)(CC)CN1CCN(CC(=O)N2CCc3ccccc32)CC1. The van der Waals surface area contributed by atoms with E-state index in [4.69, 9.17) is 0 Å². The number of fused-ring (bicyclic) bond motifs is 1. The molecule has 0 spiro atoms. The van der Waals surface area contributed by atoms with E-state index in [0.29, 0.717) is 6.54 Å². The largest absolute Gasteiger partial charge is 0.389 e. The van der Waals surface area contributed by atoms with Gasteiger partial charge in [0.1, 0.15) is 0 Å². The number of piperazine rings is 1. The molecule has 0 unspecified atom stereocenters. The van der Waals surface area contributed by atoms with Crippen LogP contribution in [0.1, 0.15) is 32.3 Å². The maximum absolute atomic E-state index is 12.7. The number of amides is 1. The Bertz CT molecular complexity index is 592. The molecule has 1 aromatic rings. The molecule has 0 saturated carbocycles. The van der Waals surface area contributed by atoms with Crippen LogP contribution in [0.3, 0.4) is 0 Å². The Morgan fingerprint density at radius 3 is 2.36 bits per heavy atom. The zero-order valence-electron chi connectivity index (χ0n) is 15.6. The lowest BCUT2D eigenvalue weighted by atomic mass is 9.96. The van der Waals surface area contributed by atoms with Crippen LogP contribution >= 0.6 is 0 Å². The molecule has 25 heavy (non-hydrogen) atoms. The molecule has 1 fully saturated rings. The number of anilines is 1. The standard InChI is InChI=1S/C20H31N3O2/c1-3-20(25,4-2)16-22-13-11-21(12-14-22)15-19(24)23-10-9-17-7-5-6-8-18(17)23/h5-8,25H,3-4,9-16H2,1-2H3. The summed E-state index contributed by atoms with van der Waals surface area (Å²) in [7, 11) is 0. The number of rotatable bonds is 6. The summed E-state index contributed by atoms with van der Waals surface area (Å²) in [6.07, 6.45) is 2.54. The van der Waals surface area contributed by atoms with Crippen molar-refractivity contribution < 1.29 is 9.90 Å². The molecule has 0 aliphatic carbocycles. The minimum atomic E-state index is -0.572. The van der Waals surface area contributed by atoms with Crippen molar-refractivity contribution in [1.82, 2.24) is 9.80 Å². The third kappa shape index (κ3) is 4.22. The number of hydrogen-bond acceptors (Lipinski definition) is 4. The normalized spacial score (nSPS) is 19.2. The minimum absolute atomic E-state index is 0.206. The van der Waals surface area contributed by atoms with Gasteiger partial charge in [0.25, 0.3) is 0 Å². The molecular formula is C20H31N3O2. The molecule has 1 amide bonds. The number of benzene rings is 1. The average molecular weight is 345 g/mol. The molecule has 2 heterocycles. The Labute approximate surface area is 151 Å². The molecule has 0 radical (unpaired) electrons. The van der Waals surface area contributed by atoms with Crippen LogP contribution in [-0.2, 0) is 11.2 Å². The van der Waals surface area contributed by atoms with Crippen LogP contribution in [0.4, 0.5) is 5.69 Å². The number of para-hydroxylation sites is 1. The van der Waals surface area contributed by atoms with E-state index in [2.05, 4.69) is 21.9 Å². The highest BCUT2D eigenvalue weighted by Gasteiger charge is 2.30. The molecule has 5 heteroatoms. The minimum Gasteiger partial charge on any atom is -0.389 e. The van der Waals surface area contributed by atoms with Gasteiger partial charge in [0.15, 0.2) is 0 Å². The molecule has 3 rings (SSSR count). The van der Waals surface area contributed by atoms with Crippen molar-refractivity contribution in [3.63, 3.8) is 0 Å². The van der Waals surface area contributed by atoms with Crippen molar-refractivity contribution in [2.45, 2.75) is 38.7 Å². The van der Waals surface area contributed by atoms with Crippen molar-refractivity contribution in [2.24, 2.45) is 0 Å². The van der Waals surface area contributed by atoms with Gasteiger partial charge in [-0.25, -0.2) is 0 Å². The lowest BCUT2D eigenvalue weighted by Crippen LogP contribution is -2.53. The number of hydrogen-bond donors (Lipinski definition) is 1. The maximum atomic E-state index is 12.7. The van der Waals surface area contributed by atoms with Gasteiger partial charge in [0, 0.05) is 45.0 Å². The number of β-amino-alcohol motifs (C(OH)–C–C–N with tert-alkyl or cyclic N) is 1. The third-order valence-electron chi connectivity index (χ3n) is 5.85. The molecule has 2 aliphatic heterocycles. The molecule has 1 aromatic carbocycles. The first-order chi connectivity index (χ1) is 12.0. The van der Waals surface area contributed by atoms with E-state index in [1.54, 1.807) is 0 Å². The molecule has 0 bridgehead atoms. The van der Waals surface area contributed by atoms with Crippen LogP contribution in [0.2, 0.25) is 0 Å². The summed E-state index contributed by atoms with van der Waals surface area (Å²) >= 11 is 0. The number of aliphatic hydroxyl groups is 1. The van der Waals surface area contributed by atoms with Gasteiger partial charge in [0.2, 0.25) is 5.91 Å². The molecule has 1 saturated heterocycles. The maximum Gasteiger partial charge on any atom is 0.241 e. The molecule has 1 N–H and O–H groups in total. The predicted octanol–water partition coefficient (Wildman–Crippen LogP) is 1.74. The summed E-state index contributed by atoms with van der Waals surface area (Å²) in [5.41, 5.74) is 1.79. The van der Waals surface area contributed by atoms with E-state index in [0.717, 1.165) is 64.2 Å². The van der Waals surface area contributed by atoms with Gasteiger partial charge in [0.05, 0.1) is 12.1 Å². The smallest absolute Gasteiger partial charge is 0.241 e. The van der Waals surface area contributed by atoms with Gasteiger partial charge in [-0.1, -0.05) is 32.0 Å².